The molecule has 1 aliphatic heterocycles. The molecule has 4 heteroatoms. The van der Waals surface area contributed by atoms with Crippen molar-refractivity contribution in [1.82, 2.24) is 9.80 Å². The first-order valence-corrected chi connectivity index (χ1v) is 9.49. The van der Waals surface area contributed by atoms with Crippen molar-refractivity contribution in [3.63, 3.8) is 0 Å². The number of hydrogen-bond acceptors (Lipinski definition) is 2. The molecule has 1 heterocycles. The van der Waals surface area contributed by atoms with Gasteiger partial charge in [-0.05, 0) is 56.4 Å². The second kappa shape index (κ2) is 7.06. The van der Waals surface area contributed by atoms with Gasteiger partial charge >= 0.3 is 0 Å². The molecule has 0 saturated carbocycles. The number of rotatable bonds is 2. The highest BCUT2D eigenvalue weighted by atomic mass is 79.9. The lowest BCUT2D eigenvalue weighted by atomic mass is 9.88. The Morgan fingerprint density at radius 1 is 0.783 bits per heavy atom. The van der Waals surface area contributed by atoms with Gasteiger partial charge in [-0.1, -0.05) is 56.1 Å². The first-order valence-electron chi connectivity index (χ1n) is 7.90. The van der Waals surface area contributed by atoms with Gasteiger partial charge in [0.1, 0.15) is 0 Å². The van der Waals surface area contributed by atoms with E-state index in [0.29, 0.717) is 18.1 Å². The van der Waals surface area contributed by atoms with Crippen LogP contribution in [0.25, 0.3) is 0 Å². The van der Waals surface area contributed by atoms with Gasteiger partial charge in [0.05, 0.1) is 12.1 Å². The van der Waals surface area contributed by atoms with E-state index in [0.717, 1.165) is 15.5 Å². The maximum absolute atomic E-state index is 3.55. The number of piperazine rings is 1. The topological polar surface area (TPSA) is 6.48 Å². The van der Waals surface area contributed by atoms with Gasteiger partial charge in [0.25, 0.3) is 0 Å². The minimum atomic E-state index is 0.345. The molecule has 0 aliphatic carbocycles. The fourth-order valence-electron chi connectivity index (χ4n) is 3.57. The van der Waals surface area contributed by atoms with E-state index in [2.05, 4.69) is 111 Å². The molecule has 2 nitrogen and oxygen atoms in total. The fraction of sp³-hybridized carbons (Fsp3) is 0.368. The summed E-state index contributed by atoms with van der Waals surface area (Å²) >= 11 is 7.09. The average molecular weight is 438 g/mol. The van der Waals surface area contributed by atoms with Gasteiger partial charge in [0, 0.05) is 21.5 Å². The quantitative estimate of drug-likeness (QED) is 0.632. The first kappa shape index (κ1) is 17.2. The highest BCUT2D eigenvalue weighted by Crippen LogP contribution is 2.42. The highest BCUT2D eigenvalue weighted by Gasteiger charge is 2.38. The minimum absolute atomic E-state index is 0.345. The first-order chi connectivity index (χ1) is 11.0. The van der Waals surface area contributed by atoms with Crippen LogP contribution in [0, 0.1) is 0 Å². The van der Waals surface area contributed by atoms with Crippen LogP contribution in [0.3, 0.4) is 0 Å². The van der Waals surface area contributed by atoms with E-state index < -0.39 is 0 Å². The molecule has 3 rings (SSSR count). The lowest BCUT2D eigenvalue weighted by Gasteiger charge is -2.49. The van der Waals surface area contributed by atoms with E-state index >= 15 is 0 Å². The zero-order valence-electron chi connectivity index (χ0n) is 13.7. The molecular formula is C19H22Br2N2. The van der Waals surface area contributed by atoms with Crippen molar-refractivity contribution in [2.45, 2.75) is 25.0 Å². The summed E-state index contributed by atoms with van der Waals surface area (Å²) < 4.78 is 2.25. The molecule has 0 amide bonds. The predicted molar refractivity (Wildman–Crippen MR) is 104 cm³/mol. The number of likely N-dealkylation sites (N-methyl/N-ethyl adjacent to an activating group) is 2. The van der Waals surface area contributed by atoms with Crippen LogP contribution in [-0.4, -0.2) is 36.5 Å². The Morgan fingerprint density at radius 2 is 1.22 bits per heavy atom. The lowest BCUT2D eigenvalue weighted by molar-refractivity contribution is 0.0121. The zero-order valence-corrected chi connectivity index (χ0v) is 16.9. The summed E-state index contributed by atoms with van der Waals surface area (Å²) in [5, 5.41) is 0. The predicted octanol–water partition coefficient (Wildman–Crippen LogP) is 5.26. The van der Waals surface area contributed by atoms with E-state index in [4.69, 9.17) is 0 Å². The van der Waals surface area contributed by atoms with Crippen molar-refractivity contribution in [3.8, 4) is 0 Å². The second-order valence-corrected chi connectivity index (χ2v) is 8.28. The molecule has 3 atom stereocenters. The third kappa shape index (κ3) is 3.55. The van der Waals surface area contributed by atoms with E-state index in [1.807, 2.05) is 0 Å². The summed E-state index contributed by atoms with van der Waals surface area (Å²) in [4.78, 5) is 5.00. The Bertz CT molecular complexity index is 654. The molecule has 1 fully saturated rings. The molecule has 0 bridgehead atoms. The summed E-state index contributed by atoms with van der Waals surface area (Å²) in [5.74, 6) is 0. The standard InChI is InChI=1S/C19H22Br2N2/c1-13-12-22(2)18(14-4-8-16(20)9-5-14)19(23(13)3)15-6-10-17(21)11-7-15/h4-11,13,18-19H,12H2,1-3H3. The number of nitrogens with zero attached hydrogens (tertiary/aromatic N) is 2. The molecule has 23 heavy (non-hydrogen) atoms. The van der Waals surface area contributed by atoms with Crippen LogP contribution in [-0.2, 0) is 0 Å². The lowest BCUT2D eigenvalue weighted by Crippen LogP contribution is -2.52. The molecule has 1 aliphatic rings. The van der Waals surface area contributed by atoms with Crippen molar-refractivity contribution in [3.05, 3.63) is 68.6 Å². The average Bonchev–Trinajstić information content (AvgIpc) is 2.53. The summed E-state index contributed by atoms with van der Waals surface area (Å²) in [6.45, 7) is 3.38. The molecule has 122 valence electrons. The molecule has 0 aromatic heterocycles. The maximum atomic E-state index is 3.55. The summed E-state index contributed by atoms with van der Waals surface area (Å²) in [7, 11) is 4.48. The summed E-state index contributed by atoms with van der Waals surface area (Å²) in [6, 6.07) is 18.7. The maximum Gasteiger partial charge on any atom is 0.0545 e. The van der Waals surface area contributed by atoms with Gasteiger partial charge in [-0.25, -0.2) is 0 Å². The van der Waals surface area contributed by atoms with E-state index in [-0.39, 0.29) is 0 Å². The molecule has 1 saturated heterocycles. The zero-order chi connectivity index (χ0) is 16.6. The van der Waals surface area contributed by atoms with Crippen LogP contribution < -0.4 is 0 Å². The van der Waals surface area contributed by atoms with Crippen LogP contribution in [0.15, 0.2) is 57.5 Å². The van der Waals surface area contributed by atoms with Crippen molar-refractivity contribution < 1.29 is 0 Å². The van der Waals surface area contributed by atoms with Crippen molar-refractivity contribution in [2.75, 3.05) is 20.6 Å². The Balaban J connectivity index is 2.04. The fourth-order valence-corrected chi connectivity index (χ4v) is 4.10. The molecule has 0 N–H and O–H groups in total. The molecule has 0 spiro atoms. The Hall–Kier alpha value is -0.680. The molecule has 2 aromatic carbocycles. The Morgan fingerprint density at radius 3 is 1.70 bits per heavy atom. The largest absolute Gasteiger partial charge is 0.296 e. The molecule has 2 aromatic rings. The summed E-state index contributed by atoms with van der Waals surface area (Å²) in [5.41, 5.74) is 2.73. The third-order valence-electron chi connectivity index (χ3n) is 4.88. The molecule has 0 radical (unpaired) electrons. The van der Waals surface area contributed by atoms with Crippen LogP contribution >= 0.6 is 31.9 Å². The minimum Gasteiger partial charge on any atom is -0.296 e. The second-order valence-electron chi connectivity index (χ2n) is 6.45. The number of halogens is 2. The van der Waals surface area contributed by atoms with Gasteiger partial charge in [-0.3, -0.25) is 9.80 Å². The van der Waals surface area contributed by atoms with Crippen LogP contribution in [0.5, 0.6) is 0 Å². The monoisotopic (exact) mass is 436 g/mol. The van der Waals surface area contributed by atoms with Crippen molar-refractivity contribution in [1.29, 1.82) is 0 Å². The Labute approximate surface area is 155 Å². The van der Waals surface area contributed by atoms with Crippen LogP contribution in [0.4, 0.5) is 0 Å². The Kier molecular flexibility index (Phi) is 5.26. The van der Waals surface area contributed by atoms with Gasteiger partial charge in [0.2, 0.25) is 0 Å². The van der Waals surface area contributed by atoms with E-state index in [1.165, 1.54) is 11.1 Å². The van der Waals surface area contributed by atoms with Crippen LogP contribution in [0.1, 0.15) is 30.1 Å². The number of benzene rings is 2. The van der Waals surface area contributed by atoms with Crippen LogP contribution in [0.2, 0.25) is 0 Å². The third-order valence-corrected chi connectivity index (χ3v) is 5.94. The van der Waals surface area contributed by atoms with E-state index in [9.17, 15) is 0 Å². The van der Waals surface area contributed by atoms with Gasteiger partial charge in [-0.15, -0.1) is 0 Å². The molecular weight excluding hydrogens is 416 g/mol. The normalized spacial score (nSPS) is 26.4. The van der Waals surface area contributed by atoms with Gasteiger partial charge in [0.15, 0.2) is 0 Å². The van der Waals surface area contributed by atoms with Gasteiger partial charge < -0.3 is 0 Å². The highest BCUT2D eigenvalue weighted by molar-refractivity contribution is 9.10. The van der Waals surface area contributed by atoms with Crippen molar-refractivity contribution in [2.24, 2.45) is 0 Å². The SMILES string of the molecule is CC1CN(C)C(c2ccc(Br)cc2)C(c2ccc(Br)cc2)N1C. The van der Waals surface area contributed by atoms with E-state index in [1.54, 1.807) is 0 Å². The smallest absolute Gasteiger partial charge is 0.0545 e. The van der Waals surface area contributed by atoms with Gasteiger partial charge in [-0.2, -0.15) is 0 Å². The molecule has 3 unspecified atom stereocenters. The number of hydrogen-bond donors (Lipinski definition) is 0. The van der Waals surface area contributed by atoms with Crippen molar-refractivity contribution >= 4 is 31.9 Å². The summed E-state index contributed by atoms with van der Waals surface area (Å²) in [6.07, 6.45) is 0.